The molecule has 1 aliphatic heterocycles. The van der Waals surface area contributed by atoms with Gasteiger partial charge in [0.25, 0.3) is 0 Å². The van der Waals surface area contributed by atoms with E-state index in [-0.39, 0.29) is 18.1 Å². The maximum atomic E-state index is 11.7. The van der Waals surface area contributed by atoms with Crippen LogP contribution in [0, 0.1) is 5.92 Å². The Kier molecular flexibility index (Phi) is 3.48. The number of aromatic nitrogens is 1. The second-order valence-electron chi connectivity index (χ2n) is 5.28. The van der Waals surface area contributed by atoms with Crippen molar-refractivity contribution in [2.45, 2.75) is 20.1 Å². The number of fused-ring (bicyclic) bond motifs is 1. The maximum absolute atomic E-state index is 11.7. The van der Waals surface area contributed by atoms with Crippen LogP contribution >= 0.6 is 0 Å². The Morgan fingerprint density at radius 3 is 2.76 bits per heavy atom. The van der Waals surface area contributed by atoms with Crippen molar-refractivity contribution in [2.75, 3.05) is 10.6 Å². The molecule has 2 aromatic rings. The summed E-state index contributed by atoms with van der Waals surface area (Å²) in [7, 11) is 0. The Morgan fingerprint density at radius 1 is 1.29 bits per heavy atom. The summed E-state index contributed by atoms with van der Waals surface area (Å²) in [4.78, 5) is 15.7. The number of carbonyl (C=O) groups excluding carboxylic acids is 1. The minimum atomic E-state index is -0.223. The lowest BCUT2D eigenvalue weighted by molar-refractivity contribution is -0.118. The van der Waals surface area contributed by atoms with Gasteiger partial charge in [-0.25, -0.2) is 0 Å². The van der Waals surface area contributed by atoms with Gasteiger partial charge in [0, 0.05) is 29.6 Å². The van der Waals surface area contributed by atoms with Gasteiger partial charge in [0.05, 0.1) is 5.69 Å². The van der Waals surface area contributed by atoms with E-state index < -0.39 is 0 Å². The van der Waals surface area contributed by atoms with Crippen LogP contribution in [0.5, 0.6) is 5.75 Å². The SMILES string of the molecule is CC(C)C(=O)Nc1ccc2c(c1)NC(c1ccncc1)O2. The van der Waals surface area contributed by atoms with E-state index in [1.54, 1.807) is 12.4 Å². The topological polar surface area (TPSA) is 63.2 Å². The van der Waals surface area contributed by atoms with Gasteiger partial charge < -0.3 is 15.4 Å². The Morgan fingerprint density at radius 2 is 2.05 bits per heavy atom. The summed E-state index contributed by atoms with van der Waals surface area (Å²) in [6, 6.07) is 9.40. The van der Waals surface area contributed by atoms with Crippen LogP contribution in [0.25, 0.3) is 0 Å². The maximum Gasteiger partial charge on any atom is 0.226 e. The van der Waals surface area contributed by atoms with Gasteiger partial charge in [-0.1, -0.05) is 13.8 Å². The van der Waals surface area contributed by atoms with E-state index in [9.17, 15) is 4.79 Å². The highest BCUT2D eigenvalue weighted by molar-refractivity contribution is 5.92. The predicted octanol–water partition coefficient (Wildman–Crippen LogP) is 3.18. The smallest absolute Gasteiger partial charge is 0.226 e. The van der Waals surface area contributed by atoms with Gasteiger partial charge in [-0.15, -0.1) is 0 Å². The van der Waals surface area contributed by atoms with Gasteiger partial charge in [0.2, 0.25) is 5.91 Å². The van der Waals surface area contributed by atoms with Crippen LogP contribution in [0.2, 0.25) is 0 Å². The number of anilines is 2. The summed E-state index contributed by atoms with van der Waals surface area (Å²) in [6.45, 7) is 3.73. The zero-order valence-corrected chi connectivity index (χ0v) is 12.0. The second-order valence-corrected chi connectivity index (χ2v) is 5.28. The van der Waals surface area contributed by atoms with Crippen LogP contribution in [-0.2, 0) is 4.79 Å². The molecule has 0 fully saturated rings. The summed E-state index contributed by atoms with van der Waals surface area (Å²) in [5.41, 5.74) is 2.64. The molecular weight excluding hydrogens is 266 g/mol. The minimum Gasteiger partial charge on any atom is -0.464 e. The van der Waals surface area contributed by atoms with E-state index in [1.807, 2.05) is 44.2 Å². The van der Waals surface area contributed by atoms with Crippen molar-refractivity contribution in [1.29, 1.82) is 0 Å². The number of carbonyl (C=O) groups is 1. The first-order valence-corrected chi connectivity index (χ1v) is 6.91. The fourth-order valence-corrected chi connectivity index (χ4v) is 2.10. The summed E-state index contributed by atoms with van der Waals surface area (Å²) in [5.74, 6) is 0.728. The van der Waals surface area contributed by atoms with Crippen molar-refractivity contribution in [3.63, 3.8) is 0 Å². The van der Waals surface area contributed by atoms with Crippen LogP contribution in [0.1, 0.15) is 25.6 Å². The first-order chi connectivity index (χ1) is 10.1. The average Bonchev–Trinajstić information content (AvgIpc) is 2.91. The molecule has 2 heterocycles. The third-order valence-corrected chi connectivity index (χ3v) is 3.31. The molecule has 21 heavy (non-hydrogen) atoms. The lowest BCUT2D eigenvalue weighted by Crippen LogP contribution is -2.17. The molecule has 108 valence electrons. The summed E-state index contributed by atoms with van der Waals surface area (Å²) in [5, 5.41) is 6.17. The van der Waals surface area contributed by atoms with Gasteiger partial charge in [-0.3, -0.25) is 9.78 Å². The third kappa shape index (κ3) is 2.81. The van der Waals surface area contributed by atoms with Crippen LogP contribution < -0.4 is 15.4 Å². The van der Waals surface area contributed by atoms with Crippen molar-refractivity contribution in [2.24, 2.45) is 5.92 Å². The number of hydrogen-bond acceptors (Lipinski definition) is 4. The molecule has 0 saturated carbocycles. The van der Waals surface area contributed by atoms with Crippen LogP contribution in [0.3, 0.4) is 0 Å². The number of hydrogen-bond donors (Lipinski definition) is 2. The van der Waals surface area contributed by atoms with Crippen molar-refractivity contribution < 1.29 is 9.53 Å². The number of rotatable bonds is 3. The monoisotopic (exact) mass is 283 g/mol. The van der Waals surface area contributed by atoms with E-state index in [1.165, 1.54) is 0 Å². The van der Waals surface area contributed by atoms with Crippen molar-refractivity contribution in [1.82, 2.24) is 4.98 Å². The van der Waals surface area contributed by atoms with Crippen LogP contribution in [0.15, 0.2) is 42.7 Å². The molecule has 2 N–H and O–H groups in total. The summed E-state index contributed by atoms with van der Waals surface area (Å²) >= 11 is 0. The van der Waals surface area contributed by atoms with Gasteiger partial charge in [-0.05, 0) is 30.3 Å². The van der Waals surface area contributed by atoms with Gasteiger partial charge in [-0.2, -0.15) is 0 Å². The Hall–Kier alpha value is -2.56. The number of nitrogens with zero attached hydrogens (tertiary/aromatic N) is 1. The van der Waals surface area contributed by atoms with Gasteiger partial charge >= 0.3 is 0 Å². The highest BCUT2D eigenvalue weighted by Gasteiger charge is 2.23. The van der Waals surface area contributed by atoms with Crippen molar-refractivity contribution in [3.05, 3.63) is 48.3 Å². The number of nitrogens with one attached hydrogen (secondary N) is 2. The molecule has 5 nitrogen and oxygen atoms in total. The number of benzene rings is 1. The molecule has 5 heteroatoms. The average molecular weight is 283 g/mol. The van der Waals surface area contributed by atoms with Crippen LogP contribution in [-0.4, -0.2) is 10.9 Å². The van der Waals surface area contributed by atoms with E-state index in [2.05, 4.69) is 15.6 Å². The number of amides is 1. The Bertz CT molecular complexity index is 656. The zero-order chi connectivity index (χ0) is 14.8. The zero-order valence-electron chi connectivity index (χ0n) is 12.0. The Balaban J connectivity index is 1.76. The third-order valence-electron chi connectivity index (χ3n) is 3.31. The molecule has 1 amide bonds. The van der Waals surface area contributed by atoms with Crippen molar-refractivity contribution in [3.8, 4) is 5.75 Å². The van der Waals surface area contributed by atoms with Crippen molar-refractivity contribution >= 4 is 17.3 Å². The molecule has 0 radical (unpaired) electrons. The number of pyridine rings is 1. The standard InChI is InChI=1S/C16H17N3O2/c1-10(2)15(20)18-12-3-4-14-13(9-12)19-16(21-14)11-5-7-17-8-6-11/h3-10,16,19H,1-2H3,(H,18,20). The first-order valence-electron chi connectivity index (χ1n) is 6.91. The fourth-order valence-electron chi connectivity index (χ4n) is 2.10. The molecule has 1 aromatic heterocycles. The first kappa shape index (κ1) is 13.4. The van der Waals surface area contributed by atoms with Crippen LogP contribution in [0.4, 0.5) is 11.4 Å². The molecular formula is C16H17N3O2. The van der Waals surface area contributed by atoms with E-state index >= 15 is 0 Å². The van der Waals surface area contributed by atoms with E-state index in [0.29, 0.717) is 0 Å². The molecule has 1 atom stereocenters. The van der Waals surface area contributed by atoms with Gasteiger partial charge in [0.15, 0.2) is 6.23 Å². The molecule has 0 aliphatic carbocycles. The largest absolute Gasteiger partial charge is 0.464 e. The highest BCUT2D eigenvalue weighted by Crippen LogP contribution is 2.39. The molecule has 0 spiro atoms. The highest BCUT2D eigenvalue weighted by atomic mass is 16.5. The quantitative estimate of drug-likeness (QED) is 0.908. The van der Waals surface area contributed by atoms with E-state index in [4.69, 9.17) is 4.74 Å². The predicted molar refractivity (Wildman–Crippen MR) is 81.1 cm³/mol. The number of ether oxygens (including phenoxy) is 1. The molecule has 0 saturated heterocycles. The molecule has 1 aromatic carbocycles. The second kappa shape index (κ2) is 5.44. The molecule has 1 unspecified atom stereocenters. The molecule has 3 rings (SSSR count). The summed E-state index contributed by atoms with van der Waals surface area (Å²) in [6.07, 6.45) is 3.24. The minimum absolute atomic E-state index is 0.000418. The normalized spacial score (nSPS) is 16.0. The lowest BCUT2D eigenvalue weighted by atomic mass is 10.2. The fraction of sp³-hybridized carbons (Fsp3) is 0.250. The molecule has 0 bridgehead atoms. The van der Waals surface area contributed by atoms with Gasteiger partial charge in [0.1, 0.15) is 5.75 Å². The Labute approximate surface area is 123 Å². The summed E-state index contributed by atoms with van der Waals surface area (Å²) < 4.78 is 5.85. The van der Waals surface area contributed by atoms with E-state index in [0.717, 1.165) is 22.7 Å². The lowest BCUT2D eigenvalue weighted by Gasteiger charge is -2.10. The molecule has 1 aliphatic rings.